The standard InChI is InChI=1S/C38H57N3O6/c1-9-22-39(27-16-18-28(19-17-27)46-11-3)33(43)30-29-20-21-38(47-29)31(30)34(44)40(24-14-12-13-15-25-42)32(38)35(45)41(23-10-2)37(7,8)26-36(4,5)6/h9-10,16-19,29-32,42H,1-2,11-15,20-26H2,3-8H3/t29-,30+,31-,32?,38?/m0/s1. The molecule has 260 valence electrons. The van der Waals surface area contributed by atoms with E-state index in [0.717, 1.165) is 19.3 Å². The number of aliphatic hydroxyl groups is 1. The van der Waals surface area contributed by atoms with Gasteiger partial charge in [0.15, 0.2) is 0 Å². The number of fused-ring (bicyclic) bond motifs is 1. The lowest BCUT2D eigenvalue weighted by Gasteiger charge is -2.45. The molecule has 4 rings (SSSR count). The Kier molecular flexibility index (Phi) is 11.7. The van der Waals surface area contributed by atoms with Gasteiger partial charge in [-0.15, -0.1) is 13.2 Å². The fourth-order valence-electron chi connectivity index (χ4n) is 8.53. The first-order valence-electron chi connectivity index (χ1n) is 17.4. The van der Waals surface area contributed by atoms with Crippen molar-refractivity contribution in [1.29, 1.82) is 0 Å². The van der Waals surface area contributed by atoms with Gasteiger partial charge in [0, 0.05) is 37.5 Å². The van der Waals surface area contributed by atoms with E-state index >= 15 is 0 Å². The molecule has 3 aliphatic heterocycles. The van der Waals surface area contributed by atoms with Gasteiger partial charge in [-0.2, -0.15) is 0 Å². The van der Waals surface area contributed by atoms with Gasteiger partial charge in [0.1, 0.15) is 17.4 Å². The monoisotopic (exact) mass is 651 g/mol. The predicted octanol–water partition coefficient (Wildman–Crippen LogP) is 5.76. The molecule has 3 amide bonds. The number of carbonyl (C=O) groups excluding carboxylic acids is 3. The van der Waals surface area contributed by atoms with Crippen molar-refractivity contribution in [1.82, 2.24) is 9.80 Å². The molecule has 0 radical (unpaired) electrons. The molecular weight excluding hydrogens is 594 g/mol. The molecule has 3 saturated heterocycles. The first-order chi connectivity index (χ1) is 22.3. The molecule has 9 nitrogen and oxygen atoms in total. The molecule has 1 N–H and O–H groups in total. The van der Waals surface area contributed by atoms with Gasteiger partial charge in [-0.1, -0.05) is 45.8 Å². The number of aliphatic hydroxyl groups excluding tert-OH is 1. The number of amides is 3. The molecule has 2 bridgehead atoms. The van der Waals surface area contributed by atoms with Crippen molar-refractivity contribution in [2.45, 2.75) is 110 Å². The van der Waals surface area contributed by atoms with E-state index < -0.39 is 35.1 Å². The smallest absolute Gasteiger partial charge is 0.249 e. The highest BCUT2D eigenvalue weighted by atomic mass is 16.5. The zero-order valence-corrected chi connectivity index (χ0v) is 29.5. The van der Waals surface area contributed by atoms with Gasteiger partial charge in [0.25, 0.3) is 0 Å². The lowest BCUT2D eigenvalue weighted by atomic mass is 9.70. The predicted molar refractivity (Wildman–Crippen MR) is 185 cm³/mol. The van der Waals surface area contributed by atoms with Crippen LogP contribution in [0, 0.1) is 17.3 Å². The van der Waals surface area contributed by atoms with E-state index in [-0.39, 0.29) is 36.3 Å². The number of rotatable bonds is 17. The number of nitrogens with zero attached hydrogens (tertiary/aromatic N) is 3. The van der Waals surface area contributed by atoms with Crippen LogP contribution in [0.25, 0.3) is 0 Å². The van der Waals surface area contributed by atoms with Crippen LogP contribution >= 0.6 is 0 Å². The quantitative estimate of drug-likeness (QED) is 0.170. The summed E-state index contributed by atoms with van der Waals surface area (Å²) in [7, 11) is 0. The molecule has 1 aromatic rings. The number of carbonyl (C=O) groups is 3. The molecule has 2 unspecified atom stereocenters. The van der Waals surface area contributed by atoms with Crippen LogP contribution in [-0.2, 0) is 19.1 Å². The Morgan fingerprint density at radius 3 is 2.30 bits per heavy atom. The highest BCUT2D eigenvalue weighted by molar-refractivity contribution is 6.03. The Bertz CT molecular complexity index is 1290. The van der Waals surface area contributed by atoms with Gasteiger partial charge in [-0.25, -0.2) is 0 Å². The average Bonchev–Trinajstić information content (AvgIpc) is 3.64. The van der Waals surface area contributed by atoms with E-state index in [1.807, 2.05) is 36.1 Å². The van der Waals surface area contributed by atoms with Crippen molar-refractivity contribution in [3.63, 3.8) is 0 Å². The van der Waals surface area contributed by atoms with Crippen LogP contribution in [0.3, 0.4) is 0 Å². The molecule has 3 heterocycles. The number of unbranched alkanes of at least 4 members (excludes halogenated alkanes) is 3. The number of benzene rings is 1. The van der Waals surface area contributed by atoms with E-state index in [2.05, 4.69) is 47.8 Å². The van der Waals surface area contributed by atoms with E-state index in [4.69, 9.17) is 9.47 Å². The summed E-state index contributed by atoms with van der Waals surface area (Å²) in [5.41, 5.74) is -0.957. The molecule has 3 fully saturated rings. The first kappa shape index (κ1) is 36.7. The van der Waals surface area contributed by atoms with E-state index in [1.165, 1.54) is 0 Å². The van der Waals surface area contributed by atoms with E-state index in [0.29, 0.717) is 56.8 Å². The summed E-state index contributed by atoms with van der Waals surface area (Å²) in [6, 6.07) is 6.54. The number of ether oxygens (including phenoxy) is 2. The summed E-state index contributed by atoms with van der Waals surface area (Å²) in [5.74, 6) is -1.27. The third-order valence-corrected chi connectivity index (χ3v) is 9.93. The second kappa shape index (κ2) is 14.9. The van der Waals surface area contributed by atoms with Gasteiger partial charge in [-0.3, -0.25) is 14.4 Å². The lowest BCUT2D eigenvalue weighted by Crippen LogP contribution is -2.61. The molecule has 0 aliphatic carbocycles. The number of anilines is 1. The highest BCUT2D eigenvalue weighted by Gasteiger charge is 2.75. The van der Waals surface area contributed by atoms with Gasteiger partial charge >= 0.3 is 0 Å². The van der Waals surface area contributed by atoms with Crippen molar-refractivity contribution in [2.24, 2.45) is 17.3 Å². The Labute approximate surface area is 281 Å². The average molecular weight is 652 g/mol. The summed E-state index contributed by atoms with van der Waals surface area (Å²) in [5, 5.41) is 9.28. The van der Waals surface area contributed by atoms with Crippen LogP contribution in [-0.4, -0.2) is 88.8 Å². The normalized spacial score (nSPS) is 25.1. The Hall–Kier alpha value is -3.17. The zero-order valence-electron chi connectivity index (χ0n) is 29.5. The van der Waals surface area contributed by atoms with Crippen molar-refractivity contribution in [3.8, 4) is 5.75 Å². The molecule has 5 atom stereocenters. The molecule has 3 aliphatic rings. The third kappa shape index (κ3) is 7.46. The maximum absolute atomic E-state index is 15.0. The molecule has 9 heteroatoms. The van der Waals surface area contributed by atoms with Crippen LogP contribution in [0.2, 0.25) is 0 Å². The van der Waals surface area contributed by atoms with Crippen LogP contribution in [0.5, 0.6) is 5.75 Å². The van der Waals surface area contributed by atoms with Crippen molar-refractivity contribution in [3.05, 3.63) is 49.6 Å². The molecule has 0 saturated carbocycles. The Balaban J connectivity index is 1.73. The maximum Gasteiger partial charge on any atom is 0.249 e. The number of hydrogen-bond donors (Lipinski definition) is 1. The zero-order chi connectivity index (χ0) is 34.6. The van der Waals surface area contributed by atoms with Crippen molar-refractivity contribution in [2.75, 3.05) is 37.7 Å². The van der Waals surface area contributed by atoms with Crippen LogP contribution in [0.1, 0.15) is 86.5 Å². The summed E-state index contributed by atoms with van der Waals surface area (Å²) in [6.07, 6.45) is 7.93. The summed E-state index contributed by atoms with van der Waals surface area (Å²) >= 11 is 0. The lowest BCUT2D eigenvalue weighted by molar-refractivity contribution is -0.152. The van der Waals surface area contributed by atoms with Gasteiger partial charge in [-0.05, 0) is 82.6 Å². The molecule has 47 heavy (non-hydrogen) atoms. The Morgan fingerprint density at radius 2 is 1.70 bits per heavy atom. The SMILES string of the molecule is C=CCN(C(=O)[C@@H]1[C@@H]2CCC3(O2)C(C(=O)N(CC=C)C(C)(C)CC(C)(C)C)N(CCCCCCO)C(=O)[C@H]13)c1ccc(OCC)cc1. The van der Waals surface area contributed by atoms with Gasteiger partial charge in [0.05, 0.1) is 24.5 Å². The molecule has 0 aromatic heterocycles. The second-order valence-electron chi connectivity index (χ2n) is 15.2. The van der Waals surface area contributed by atoms with Crippen molar-refractivity contribution < 1.29 is 29.0 Å². The Morgan fingerprint density at radius 1 is 1.04 bits per heavy atom. The van der Waals surface area contributed by atoms with Crippen molar-refractivity contribution >= 4 is 23.4 Å². The van der Waals surface area contributed by atoms with Crippen LogP contribution < -0.4 is 9.64 Å². The minimum atomic E-state index is -1.08. The minimum absolute atomic E-state index is 0.0444. The first-order valence-corrected chi connectivity index (χ1v) is 17.4. The fraction of sp³-hybridized carbons (Fsp3) is 0.658. The summed E-state index contributed by atoms with van der Waals surface area (Å²) in [6.45, 7) is 22.1. The minimum Gasteiger partial charge on any atom is -0.494 e. The maximum atomic E-state index is 15.0. The fourth-order valence-corrected chi connectivity index (χ4v) is 8.53. The molecule has 1 spiro atoms. The summed E-state index contributed by atoms with van der Waals surface area (Å²) < 4.78 is 12.4. The third-order valence-electron chi connectivity index (χ3n) is 9.93. The molecular formula is C38H57N3O6. The van der Waals surface area contributed by atoms with Gasteiger partial charge < -0.3 is 29.3 Å². The largest absolute Gasteiger partial charge is 0.494 e. The van der Waals surface area contributed by atoms with E-state index in [1.54, 1.807) is 22.0 Å². The molecule has 1 aromatic carbocycles. The van der Waals surface area contributed by atoms with Crippen LogP contribution in [0.15, 0.2) is 49.6 Å². The summed E-state index contributed by atoms with van der Waals surface area (Å²) in [4.78, 5) is 49.4. The van der Waals surface area contributed by atoms with E-state index in [9.17, 15) is 19.5 Å². The highest BCUT2D eigenvalue weighted by Crippen LogP contribution is 2.59. The topological polar surface area (TPSA) is 99.6 Å². The van der Waals surface area contributed by atoms with Gasteiger partial charge in [0.2, 0.25) is 17.7 Å². The second-order valence-corrected chi connectivity index (χ2v) is 15.2. The van der Waals surface area contributed by atoms with Crippen LogP contribution in [0.4, 0.5) is 5.69 Å². The number of likely N-dealkylation sites (tertiary alicyclic amines) is 1. The number of hydrogen-bond acceptors (Lipinski definition) is 6.